The molecule has 0 saturated carbocycles. The Morgan fingerprint density at radius 3 is 1.32 bits per heavy atom. The second-order valence-electron chi connectivity index (χ2n) is 19.0. The molecule has 0 radical (unpaired) electrons. The van der Waals surface area contributed by atoms with Crippen molar-refractivity contribution >= 4 is 74.0 Å². The average Bonchev–Trinajstić information content (AvgIpc) is 3.54. The summed E-state index contributed by atoms with van der Waals surface area (Å²) >= 11 is 0. The van der Waals surface area contributed by atoms with Crippen LogP contribution in [0.5, 0.6) is 0 Å². The minimum absolute atomic E-state index is 0.00243. The maximum absolute atomic E-state index is 14.8. The zero-order chi connectivity index (χ0) is 58.4. The third kappa shape index (κ3) is 11.3. The topological polar surface area (TPSA) is 212 Å². The van der Waals surface area contributed by atoms with Crippen molar-refractivity contribution in [2.75, 3.05) is 45.7 Å². The number of amides is 6. The molecular formula is C57H47F6N11O6S. The minimum atomic E-state index is -4.07. The largest absolute Gasteiger partial charge is 0.347 e. The van der Waals surface area contributed by atoms with E-state index in [1.54, 1.807) is 70.1 Å². The number of para-hydroxylation sites is 2. The van der Waals surface area contributed by atoms with Crippen molar-refractivity contribution in [3.8, 4) is 22.5 Å². The molecule has 414 valence electrons. The second kappa shape index (κ2) is 22.2. The van der Waals surface area contributed by atoms with Crippen LogP contribution in [0.15, 0.2) is 114 Å². The lowest BCUT2D eigenvalue weighted by molar-refractivity contribution is 0.101. The van der Waals surface area contributed by atoms with Crippen LogP contribution >= 0.6 is 0 Å². The molecule has 0 unspecified atom stereocenters. The Morgan fingerprint density at radius 2 is 0.926 bits per heavy atom. The summed E-state index contributed by atoms with van der Waals surface area (Å²) in [5.41, 5.74) is 3.87. The highest BCUT2D eigenvalue weighted by Gasteiger charge is 2.37. The van der Waals surface area contributed by atoms with Crippen molar-refractivity contribution in [2.45, 2.75) is 45.9 Å². The van der Waals surface area contributed by atoms with Gasteiger partial charge in [0.25, 0.3) is 11.8 Å². The van der Waals surface area contributed by atoms with Crippen LogP contribution in [-0.2, 0) is 22.9 Å². The van der Waals surface area contributed by atoms with Crippen molar-refractivity contribution in [3.05, 3.63) is 189 Å². The van der Waals surface area contributed by atoms with Gasteiger partial charge in [-0.25, -0.2) is 64.1 Å². The molecular weight excluding hydrogens is 1080 g/mol. The molecule has 0 saturated heterocycles. The fraction of sp³-hybridized carbons (Fsp3) is 0.158. The van der Waals surface area contributed by atoms with Crippen LogP contribution in [0.3, 0.4) is 0 Å². The minimum Gasteiger partial charge on any atom is -0.347 e. The normalized spacial score (nSPS) is 12.8. The Kier molecular flexibility index (Phi) is 15.4. The Balaban J connectivity index is 0.000000196. The monoisotopic (exact) mass is 1130 g/mol. The summed E-state index contributed by atoms with van der Waals surface area (Å²) in [4.78, 5) is 72.1. The predicted molar refractivity (Wildman–Crippen MR) is 291 cm³/mol. The SMILES string of the molecule is Cc1ccc(C(=O)Nc2ccc(C)c(-c3nc(N(C)C)nc4c3CNC(=O)N4c3c(F)cccc3F)c2)cc1F.Cc1ccc(C(=O)Nc2ccc(C)c(-c3nc(S(C)(=O)=O)nc4c3CNC(=O)N4c3c(F)cccc3F)c2)cc1F. The van der Waals surface area contributed by atoms with Crippen molar-refractivity contribution in [2.24, 2.45) is 0 Å². The first-order valence-electron chi connectivity index (χ1n) is 24.5. The number of carbonyl (C=O) groups is 4. The van der Waals surface area contributed by atoms with Gasteiger partial charge >= 0.3 is 12.1 Å². The van der Waals surface area contributed by atoms with Crippen LogP contribution in [0.25, 0.3) is 22.5 Å². The number of sulfone groups is 1. The van der Waals surface area contributed by atoms with E-state index in [0.717, 1.165) is 53.1 Å². The number of fused-ring (bicyclic) bond motifs is 2. The van der Waals surface area contributed by atoms with Crippen molar-refractivity contribution in [1.29, 1.82) is 0 Å². The molecule has 24 heteroatoms. The maximum atomic E-state index is 14.8. The van der Waals surface area contributed by atoms with Gasteiger partial charge in [-0.15, -0.1) is 0 Å². The highest BCUT2D eigenvalue weighted by Crippen LogP contribution is 2.42. The van der Waals surface area contributed by atoms with Crippen LogP contribution in [0.1, 0.15) is 54.1 Å². The highest BCUT2D eigenvalue weighted by molar-refractivity contribution is 7.90. The van der Waals surface area contributed by atoms with E-state index in [9.17, 15) is 53.9 Å². The molecule has 4 heterocycles. The molecule has 6 aromatic carbocycles. The number of aryl methyl sites for hydroxylation is 4. The molecule has 8 aromatic rings. The quantitative estimate of drug-likeness (QED) is 0.0747. The van der Waals surface area contributed by atoms with Gasteiger partial charge in [0.2, 0.25) is 20.9 Å². The number of anilines is 7. The summed E-state index contributed by atoms with van der Waals surface area (Å²) in [6.07, 6.45) is 0.861. The Labute approximate surface area is 459 Å². The van der Waals surface area contributed by atoms with E-state index < -0.39 is 85.1 Å². The molecule has 0 aliphatic carbocycles. The number of benzene rings is 6. The number of halogens is 6. The number of nitrogens with zero attached hydrogens (tertiary/aromatic N) is 7. The van der Waals surface area contributed by atoms with Gasteiger partial charge in [-0.3, -0.25) is 9.59 Å². The van der Waals surface area contributed by atoms with Gasteiger partial charge in [0.1, 0.15) is 46.3 Å². The lowest BCUT2D eigenvalue weighted by Gasteiger charge is -2.31. The van der Waals surface area contributed by atoms with E-state index in [-0.39, 0.29) is 58.7 Å². The van der Waals surface area contributed by atoms with E-state index in [0.29, 0.717) is 49.7 Å². The number of hydrogen-bond acceptors (Lipinski definition) is 11. The molecule has 0 atom stereocenters. The molecule has 81 heavy (non-hydrogen) atoms. The van der Waals surface area contributed by atoms with E-state index in [2.05, 4.69) is 36.2 Å². The lowest BCUT2D eigenvalue weighted by atomic mass is 9.99. The number of urea groups is 2. The van der Waals surface area contributed by atoms with Gasteiger partial charge in [0, 0.05) is 65.1 Å². The molecule has 2 aromatic heterocycles. The summed E-state index contributed by atoms with van der Waals surface area (Å²) in [6, 6.07) is 22.9. The molecule has 10 rings (SSSR count). The van der Waals surface area contributed by atoms with Gasteiger partial charge in [0.15, 0.2) is 11.6 Å². The van der Waals surface area contributed by atoms with Gasteiger partial charge < -0.3 is 26.2 Å². The predicted octanol–water partition coefficient (Wildman–Crippen LogP) is 11.1. The molecule has 2 aliphatic rings. The van der Waals surface area contributed by atoms with E-state index in [1.807, 2.05) is 6.92 Å². The summed E-state index contributed by atoms with van der Waals surface area (Å²) in [5, 5.41) is 9.96. The molecule has 4 N–H and O–H groups in total. The van der Waals surface area contributed by atoms with E-state index >= 15 is 0 Å². The third-order valence-electron chi connectivity index (χ3n) is 13.0. The Morgan fingerprint density at radius 1 is 0.531 bits per heavy atom. The third-order valence-corrected chi connectivity index (χ3v) is 13.9. The van der Waals surface area contributed by atoms with E-state index in [4.69, 9.17) is 4.98 Å². The van der Waals surface area contributed by atoms with Crippen LogP contribution in [0, 0.1) is 62.6 Å². The first kappa shape index (κ1) is 56.0. The number of carbonyl (C=O) groups excluding carboxylic acids is 4. The summed E-state index contributed by atoms with van der Waals surface area (Å²) < 4.78 is 112. The van der Waals surface area contributed by atoms with E-state index in [1.165, 1.54) is 42.5 Å². The number of nitrogens with one attached hydrogen (secondary N) is 4. The summed E-state index contributed by atoms with van der Waals surface area (Å²) in [6.45, 7) is 6.55. The molecule has 2 aliphatic heterocycles. The molecule has 0 spiro atoms. The molecule has 17 nitrogen and oxygen atoms in total. The van der Waals surface area contributed by atoms with Crippen molar-refractivity contribution in [1.82, 2.24) is 30.6 Å². The van der Waals surface area contributed by atoms with Crippen molar-refractivity contribution < 1.29 is 53.9 Å². The fourth-order valence-corrected chi connectivity index (χ4v) is 9.21. The molecule has 6 amide bonds. The summed E-state index contributed by atoms with van der Waals surface area (Å²) in [7, 11) is -0.667. The lowest BCUT2D eigenvalue weighted by Crippen LogP contribution is -2.43. The highest BCUT2D eigenvalue weighted by atomic mass is 32.2. The zero-order valence-corrected chi connectivity index (χ0v) is 44.9. The van der Waals surface area contributed by atoms with Crippen LogP contribution < -0.4 is 36.0 Å². The zero-order valence-electron chi connectivity index (χ0n) is 44.1. The average molecular weight is 1130 g/mol. The standard InChI is InChI=1S/C29H25F3N6O2.C28H22F3N5O4S/c1-15-9-11-18(34-27(39)17-10-8-16(2)23(32)12-17)13-19(15)24-20-14-33-29(40)38(25-21(30)6-5-7-22(25)31)26(20)36-28(35-24)37(3)4;1-14-8-10-17(33-26(37)16-9-7-15(2)22(31)11-16)12-18(14)23-19-13-32-28(38)36(24-20(29)5-4-6-21(24)30)25(19)35-27(34-23)41(3,39)40/h5-13H,14H2,1-4H3,(H,33,40)(H,34,39);4-12H,13H2,1-3H3,(H,32,38)(H,33,37). The van der Waals surface area contributed by atoms with Gasteiger partial charge in [0.05, 0.1) is 24.5 Å². The Hall–Kier alpha value is -9.71. The van der Waals surface area contributed by atoms with Crippen LogP contribution in [0.2, 0.25) is 0 Å². The summed E-state index contributed by atoms with van der Waals surface area (Å²) in [5.74, 6) is -6.18. The van der Waals surface area contributed by atoms with Crippen molar-refractivity contribution in [3.63, 3.8) is 0 Å². The van der Waals surface area contributed by atoms with Crippen LogP contribution in [-0.4, -0.2) is 72.6 Å². The first-order chi connectivity index (χ1) is 38.4. The fourth-order valence-electron chi connectivity index (χ4n) is 8.70. The maximum Gasteiger partial charge on any atom is 0.328 e. The second-order valence-corrected chi connectivity index (χ2v) is 20.9. The smallest absolute Gasteiger partial charge is 0.328 e. The molecule has 0 fully saturated rings. The first-order valence-corrected chi connectivity index (χ1v) is 26.4. The van der Waals surface area contributed by atoms with Gasteiger partial charge in [-0.2, -0.15) is 9.97 Å². The molecule has 0 bridgehead atoms. The number of aromatic nitrogens is 4. The van der Waals surface area contributed by atoms with Crippen LogP contribution in [0.4, 0.5) is 76.3 Å². The number of rotatable bonds is 10. The van der Waals surface area contributed by atoms with Gasteiger partial charge in [-0.1, -0.05) is 36.4 Å². The number of hydrogen-bond donors (Lipinski definition) is 4. The van der Waals surface area contributed by atoms with Gasteiger partial charge in [-0.05, 0) is 123 Å². The Bertz CT molecular complexity index is 4010.